The van der Waals surface area contributed by atoms with Crippen LogP contribution in [-0.2, 0) is 4.79 Å². The number of halogens is 3. The van der Waals surface area contributed by atoms with E-state index < -0.39 is 29.4 Å². The highest BCUT2D eigenvalue weighted by atomic mass is 19.1. The van der Waals surface area contributed by atoms with Gasteiger partial charge in [-0.05, 0) is 57.0 Å². The van der Waals surface area contributed by atoms with Gasteiger partial charge in [-0.1, -0.05) is 0 Å². The van der Waals surface area contributed by atoms with Gasteiger partial charge in [0.2, 0.25) is 5.91 Å². The topological polar surface area (TPSA) is 153 Å². The number of nitrogens with one attached hydrogen (secondary N) is 1. The summed E-state index contributed by atoms with van der Waals surface area (Å²) < 4.78 is 52.5. The SMILES string of the molecule is Cc1nccc(/C=C/C(=O)N2CCN(c3nc(OC[C@@]45CCCN4C[C@H](F)C5)nc4c(F)c(-c5c(C)cc(F)c6[nH]ncc56)ncc34)C[C@@H]2CC#N)n1. The van der Waals surface area contributed by atoms with Crippen molar-refractivity contribution < 1.29 is 22.7 Å². The van der Waals surface area contributed by atoms with Crippen LogP contribution in [0.25, 0.3) is 39.1 Å². The average molecular weight is 724 g/mol. The summed E-state index contributed by atoms with van der Waals surface area (Å²) in [5.74, 6) is -0.659. The lowest BCUT2D eigenvalue weighted by Gasteiger charge is -2.41. The third-order valence-electron chi connectivity index (χ3n) is 10.6. The zero-order valence-electron chi connectivity index (χ0n) is 29.2. The van der Waals surface area contributed by atoms with E-state index in [2.05, 4.69) is 41.1 Å². The van der Waals surface area contributed by atoms with Crippen LogP contribution in [0.4, 0.5) is 19.0 Å². The largest absolute Gasteiger partial charge is 0.461 e. The minimum absolute atomic E-state index is 0.0408. The summed E-state index contributed by atoms with van der Waals surface area (Å²) in [6, 6.07) is 4.58. The molecule has 3 atom stereocenters. The Balaban J connectivity index is 1.17. The first-order valence-electron chi connectivity index (χ1n) is 17.5. The van der Waals surface area contributed by atoms with Crippen molar-refractivity contribution in [3.05, 3.63) is 65.5 Å². The fourth-order valence-electron chi connectivity index (χ4n) is 8.11. The molecule has 272 valence electrons. The van der Waals surface area contributed by atoms with Crippen LogP contribution >= 0.6 is 0 Å². The lowest BCUT2D eigenvalue weighted by molar-refractivity contribution is -0.128. The maximum atomic E-state index is 16.9. The monoisotopic (exact) mass is 723 g/mol. The summed E-state index contributed by atoms with van der Waals surface area (Å²) in [4.78, 5) is 41.3. The first-order valence-corrected chi connectivity index (χ1v) is 17.5. The summed E-state index contributed by atoms with van der Waals surface area (Å²) in [7, 11) is 0. The van der Waals surface area contributed by atoms with Crippen molar-refractivity contribution in [3.63, 3.8) is 0 Å². The first kappa shape index (κ1) is 34.4. The van der Waals surface area contributed by atoms with E-state index >= 15 is 4.39 Å². The minimum Gasteiger partial charge on any atom is -0.461 e. The van der Waals surface area contributed by atoms with Crippen LogP contribution in [0.3, 0.4) is 0 Å². The van der Waals surface area contributed by atoms with E-state index in [1.54, 1.807) is 37.1 Å². The summed E-state index contributed by atoms with van der Waals surface area (Å²) in [6.07, 6.45) is 8.65. The average Bonchev–Trinajstić information content (AvgIpc) is 3.86. The predicted molar refractivity (Wildman–Crippen MR) is 189 cm³/mol. The Morgan fingerprint density at radius 3 is 2.83 bits per heavy atom. The van der Waals surface area contributed by atoms with Crippen molar-refractivity contribution >= 4 is 39.6 Å². The van der Waals surface area contributed by atoms with Gasteiger partial charge in [0.15, 0.2) is 5.82 Å². The fraction of sp³-hybridized carbons (Fsp3) is 0.405. The van der Waals surface area contributed by atoms with Gasteiger partial charge in [-0.25, -0.2) is 23.1 Å². The molecule has 1 N–H and O–H groups in total. The molecule has 3 aliphatic rings. The molecule has 0 bridgehead atoms. The highest BCUT2D eigenvalue weighted by Gasteiger charge is 2.49. The van der Waals surface area contributed by atoms with E-state index in [9.17, 15) is 18.8 Å². The Hall–Kier alpha value is -5.69. The number of fused-ring (bicyclic) bond motifs is 3. The molecule has 53 heavy (non-hydrogen) atoms. The molecule has 0 saturated carbocycles. The number of nitrogens with zero attached hydrogens (tertiary/aromatic N) is 10. The van der Waals surface area contributed by atoms with E-state index in [0.29, 0.717) is 58.7 Å². The van der Waals surface area contributed by atoms with E-state index in [1.807, 2.05) is 4.90 Å². The van der Waals surface area contributed by atoms with Gasteiger partial charge < -0.3 is 14.5 Å². The van der Waals surface area contributed by atoms with Crippen molar-refractivity contribution in [2.75, 3.05) is 44.2 Å². The number of pyridine rings is 1. The predicted octanol–water partition coefficient (Wildman–Crippen LogP) is 4.85. The number of amides is 1. The maximum Gasteiger partial charge on any atom is 0.319 e. The van der Waals surface area contributed by atoms with Gasteiger partial charge in [0.1, 0.15) is 47.0 Å². The number of piperazine rings is 1. The van der Waals surface area contributed by atoms with Crippen molar-refractivity contribution in [2.24, 2.45) is 0 Å². The molecule has 3 aliphatic heterocycles. The first-order chi connectivity index (χ1) is 25.6. The van der Waals surface area contributed by atoms with Crippen LogP contribution < -0.4 is 9.64 Å². The molecule has 13 nitrogen and oxygen atoms in total. The Labute approximate surface area is 302 Å². The zero-order chi connectivity index (χ0) is 36.9. The van der Waals surface area contributed by atoms with Crippen LogP contribution in [0.15, 0.2) is 36.8 Å². The van der Waals surface area contributed by atoms with Gasteiger partial charge in [0.05, 0.1) is 41.3 Å². The molecular weight excluding hydrogens is 687 g/mol. The highest BCUT2D eigenvalue weighted by Crippen LogP contribution is 2.41. The standard InChI is InChI=1S/C37H36F3N11O2/c1-21-14-28(39)32-26(17-44-48-32)30(21)34-31(40)33-27(16-43-34)35(47-36(46-33)53-20-37-8-3-11-50(37)18-23(38)15-37)49-12-13-51(25(19-49)6-9-41)29(52)5-4-24-7-10-42-22(2)45-24/h4-5,7,10,14,16-17,23,25H,3,6,8,11-13,15,18-20H2,1-2H3,(H,44,48)/b5-4+/t23-,25+,37+/m1/s1. The van der Waals surface area contributed by atoms with E-state index in [4.69, 9.17) is 9.72 Å². The Morgan fingerprint density at radius 1 is 1.13 bits per heavy atom. The molecule has 0 aliphatic carbocycles. The number of aromatic nitrogens is 7. The van der Waals surface area contributed by atoms with Crippen LogP contribution in [-0.4, -0.2) is 108 Å². The molecule has 0 unspecified atom stereocenters. The quantitative estimate of drug-likeness (QED) is 0.219. The van der Waals surface area contributed by atoms with E-state index in [0.717, 1.165) is 19.4 Å². The molecule has 4 aromatic heterocycles. The third kappa shape index (κ3) is 6.28. The van der Waals surface area contributed by atoms with Crippen LogP contribution in [0.2, 0.25) is 0 Å². The number of hydrogen-bond acceptors (Lipinski definition) is 11. The number of aryl methyl sites for hydroxylation is 2. The molecule has 8 rings (SSSR count). The lowest BCUT2D eigenvalue weighted by Crippen LogP contribution is -2.55. The van der Waals surface area contributed by atoms with Gasteiger partial charge >= 0.3 is 6.01 Å². The Kier molecular flexibility index (Phi) is 8.89. The summed E-state index contributed by atoms with van der Waals surface area (Å²) in [6.45, 7) is 5.43. The number of hydrogen-bond donors (Lipinski definition) is 1. The van der Waals surface area contributed by atoms with Crippen LogP contribution in [0.1, 0.15) is 42.8 Å². The zero-order valence-corrected chi connectivity index (χ0v) is 29.2. The molecule has 7 heterocycles. The van der Waals surface area contributed by atoms with E-state index in [-0.39, 0.29) is 54.8 Å². The summed E-state index contributed by atoms with van der Waals surface area (Å²) >= 11 is 0. The molecule has 3 fully saturated rings. The number of carbonyl (C=O) groups is 1. The number of carbonyl (C=O) groups excluding carboxylic acids is 1. The smallest absolute Gasteiger partial charge is 0.319 e. The fourth-order valence-corrected chi connectivity index (χ4v) is 8.11. The third-order valence-corrected chi connectivity index (χ3v) is 10.6. The van der Waals surface area contributed by atoms with Gasteiger partial charge in [-0.3, -0.25) is 19.8 Å². The van der Waals surface area contributed by atoms with Gasteiger partial charge in [-0.2, -0.15) is 20.3 Å². The van der Waals surface area contributed by atoms with Gasteiger partial charge in [0.25, 0.3) is 0 Å². The normalized spacial score (nSPS) is 21.9. The second-order valence-corrected chi connectivity index (χ2v) is 13.9. The maximum absolute atomic E-state index is 16.9. The molecule has 0 spiro atoms. The van der Waals surface area contributed by atoms with Crippen LogP contribution in [0.5, 0.6) is 6.01 Å². The summed E-state index contributed by atoms with van der Waals surface area (Å²) in [5, 5.41) is 17.0. The molecule has 5 aromatic rings. The number of alkyl halides is 1. The Morgan fingerprint density at radius 2 is 2.00 bits per heavy atom. The number of aromatic amines is 1. The molecule has 16 heteroatoms. The molecule has 1 aromatic carbocycles. The van der Waals surface area contributed by atoms with Gasteiger partial charge in [-0.15, -0.1) is 0 Å². The van der Waals surface area contributed by atoms with E-state index in [1.165, 1.54) is 24.5 Å². The number of benzene rings is 1. The number of H-pyrrole nitrogens is 1. The summed E-state index contributed by atoms with van der Waals surface area (Å²) in [5.41, 5.74) is 0.921. The van der Waals surface area contributed by atoms with Crippen molar-refractivity contribution in [2.45, 2.75) is 57.3 Å². The molecule has 0 radical (unpaired) electrons. The molecule has 1 amide bonds. The number of anilines is 1. The van der Waals surface area contributed by atoms with Gasteiger partial charge in [0, 0.05) is 62.0 Å². The molecule has 3 saturated heterocycles. The number of ether oxygens (including phenoxy) is 1. The number of rotatable bonds is 8. The Bertz CT molecular complexity index is 2310. The van der Waals surface area contributed by atoms with Crippen molar-refractivity contribution in [1.82, 2.24) is 44.9 Å². The van der Waals surface area contributed by atoms with Crippen molar-refractivity contribution in [3.8, 4) is 23.3 Å². The highest BCUT2D eigenvalue weighted by molar-refractivity contribution is 5.99. The second kappa shape index (κ2) is 13.7. The number of nitriles is 1. The molecular formula is C37H36F3N11O2. The minimum atomic E-state index is -0.965. The second-order valence-electron chi connectivity index (χ2n) is 13.9. The van der Waals surface area contributed by atoms with Crippen LogP contribution in [0, 0.1) is 36.8 Å². The van der Waals surface area contributed by atoms with Crippen molar-refractivity contribution in [1.29, 1.82) is 5.26 Å². The lowest BCUT2D eigenvalue weighted by atomic mass is 9.95.